The molecular formula is C20H22N6O. The van der Waals surface area contributed by atoms with Crippen molar-refractivity contribution in [3.63, 3.8) is 0 Å². The van der Waals surface area contributed by atoms with Crippen LogP contribution in [0.1, 0.15) is 27.3 Å². The van der Waals surface area contributed by atoms with Crippen molar-refractivity contribution in [3.8, 4) is 0 Å². The van der Waals surface area contributed by atoms with Crippen molar-refractivity contribution in [2.75, 3.05) is 10.6 Å². The number of nitrogens with one attached hydrogen (secondary N) is 2. The largest absolute Gasteiger partial charge is 0.378 e. The van der Waals surface area contributed by atoms with Gasteiger partial charge in [0.15, 0.2) is 0 Å². The van der Waals surface area contributed by atoms with Crippen molar-refractivity contribution in [2.45, 2.75) is 20.0 Å². The van der Waals surface area contributed by atoms with Gasteiger partial charge in [-0.05, 0) is 42.3 Å². The topological polar surface area (TPSA) is 119 Å². The summed E-state index contributed by atoms with van der Waals surface area (Å²) in [7, 11) is 0. The Morgan fingerprint density at radius 3 is 2.56 bits per heavy atom. The van der Waals surface area contributed by atoms with E-state index >= 15 is 0 Å². The third kappa shape index (κ3) is 4.80. The minimum absolute atomic E-state index is 0.243. The SMILES string of the molecule is Cc1cccc(Nc2nc(CNc3ccc(CN)cc3)ncc2C(N)=O)c1. The lowest BCUT2D eigenvalue weighted by Gasteiger charge is -2.12. The molecular weight excluding hydrogens is 340 g/mol. The van der Waals surface area contributed by atoms with Crippen LogP contribution in [0.3, 0.4) is 0 Å². The number of hydrogen-bond donors (Lipinski definition) is 4. The van der Waals surface area contributed by atoms with Crippen LogP contribution >= 0.6 is 0 Å². The van der Waals surface area contributed by atoms with E-state index in [-0.39, 0.29) is 5.56 Å². The van der Waals surface area contributed by atoms with Crippen LogP contribution in [0, 0.1) is 6.92 Å². The van der Waals surface area contributed by atoms with E-state index in [1.165, 1.54) is 6.20 Å². The Morgan fingerprint density at radius 2 is 1.89 bits per heavy atom. The van der Waals surface area contributed by atoms with Gasteiger partial charge in [-0.3, -0.25) is 4.79 Å². The van der Waals surface area contributed by atoms with Gasteiger partial charge in [-0.25, -0.2) is 9.97 Å². The lowest BCUT2D eigenvalue weighted by Crippen LogP contribution is -2.16. The van der Waals surface area contributed by atoms with Crippen molar-refractivity contribution in [3.05, 3.63) is 77.2 Å². The van der Waals surface area contributed by atoms with Crippen LogP contribution in [0.15, 0.2) is 54.7 Å². The van der Waals surface area contributed by atoms with E-state index in [4.69, 9.17) is 11.5 Å². The van der Waals surface area contributed by atoms with Gasteiger partial charge in [0.25, 0.3) is 5.91 Å². The average molecular weight is 362 g/mol. The molecule has 6 N–H and O–H groups in total. The Kier molecular flexibility index (Phi) is 5.63. The highest BCUT2D eigenvalue weighted by Gasteiger charge is 2.12. The van der Waals surface area contributed by atoms with E-state index < -0.39 is 5.91 Å². The lowest BCUT2D eigenvalue weighted by molar-refractivity contribution is 0.100. The predicted octanol–water partition coefficient (Wildman–Crippen LogP) is 2.70. The summed E-state index contributed by atoms with van der Waals surface area (Å²) in [4.78, 5) is 20.4. The number of rotatable bonds is 7. The highest BCUT2D eigenvalue weighted by Crippen LogP contribution is 2.19. The van der Waals surface area contributed by atoms with E-state index in [1.54, 1.807) is 0 Å². The zero-order chi connectivity index (χ0) is 19.2. The summed E-state index contributed by atoms with van der Waals surface area (Å²) in [6.07, 6.45) is 1.45. The van der Waals surface area contributed by atoms with E-state index in [0.29, 0.717) is 24.7 Å². The molecule has 7 heteroatoms. The fourth-order valence-corrected chi connectivity index (χ4v) is 2.58. The van der Waals surface area contributed by atoms with Crippen molar-refractivity contribution < 1.29 is 4.79 Å². The molecule has 7 nitrogen and oxygen atoms in total. The number of aromatic nitrogens is 2. The summed E-state index contributed by atoms with van der Waals surface area (Å²) >= 11 is 0. The second kappa shape index (κ2) is 8.29. The van der Waals surface area contributed by atoms with Gasteiger partial charge in [-0.15, -0.1) is 0 Å². The Hall–Kier alpha value is -3.45. The molecule has 0 aliphatic carbocycles. The van der Waals surface area contributed by atoms with Gasteiger partial charge in [-0.1, -0.05) is 24.3 Å². The maximum Gasteiger partial charge on any atom is 0.254 e. The molecule has 0 aliphatic rings. The third-order valence-corrected chi connectivity index (χ3v) is 4.03. The summed E-state index contributed by atoms with van der Waals surface area (Å²) in [5.41, 5.74) is 15.2. The third-order valence-electron chi connectivity index (χ3n) is 4.03. The molecule has 0 fully saturated rings. The number of nitrogens with zero attached hydrogens (tertiary/aromatic N) is 2. The molecule has 0 bridgehead atoms. The molecule has 0 spiro atoms. The first-order valence-electron chi connectivity index (χ1n) is 8.57. The van der Waals surface area contributed by atoms with E-state index in [9.17, 15) is 4.79 Å². The molecule has 3 aromatic rings. The van der Waals surface area contributed by atoms with Crippen LogP contribution in [-0.2, 0) is 13.1 Å². The van der Waals surface area contributed by atoms with Crippen LogP contribution in [-0.4, -0.2) is 15.9 Å². The number of carbonyl (C=O) groups excluding carboxylic acids is 1. The molecule has 1 amide bonds. The van der Waals surface area contributed by atoms with E-state index in [1.807, 2.05) is 55.5 Å². The normalized spacial score (nSPS) is 10.4. The molecule has 0 saturated carbocycles. The molecule has 0 saturated heterocycles. The predicted molar refractivity (Wildman–Crippen MR) is 107 cm³/mol. The first kappa shape index (κ1) is 18.3. The average Bonchev–Trinajstić information content (AvgIpc) is 2.67. The summed E-state index contributed by atoms with van der Waals surface area (Å²) in [5, 5.41) is 6.41. The molecule has 0 atom stereocenters. The number of anilines is 3. The first-order chi connectivity index (χ1) is 13.0. The minimum Gasteiger partial charge on any atom is -0.378 e. The molecule has 0 aliphatic heterocycles. The van der Waals surface area contributed by atoms with Crippen LogP contribution in [0.4, 0.5) is 17.2 Å². The van der Waals surface area contributed by atoms with E-state index in [2.05, 4.69) is 20.6 Å². The molecule has 138 valence electrons. The highest BCUT2D eigenvalue weighted by atomic mass is 16.1. The minimum atomic E-state index is -0.581. The molecule has 0 unspecified atom stereocenters. The summed E-state index contributed by atoms with van der Waals surface area (Å²) < 4.78 is 0. The van der Waals surface area contributed by atoms with Gasteiger partial charge in [-0.2, -0.15) is 0 Å². The maximum atomic E-state index is 11.7. The number of benzene rings is 2. The number of primary amides is 1. The number of nitrogens with two attached hydrogens (primary N) is 2. The standard InChI is InChI=1S/C20H22N6O/c1-13-3-2-4-16(9-13)25-20-17(19(22)27)11-24-18(26-20)12-23-15-7-5-14(10-21)6-8-15/h2-9,11,23H,10,12,21H2,1H3,(H2,22,27)(H,24,25,26). The lowest BCUT2D eigenvalue weighted by atomic mass is 10.2. The fraction of sp³-hybridized carbons (Fsp3) is 0.150. The number of carbonyl (C=O) groups is 1. The summed E-state index contributed by atoms with van der Waals surface area (Å²) in [5.74, 6) is 0.346. The zero-order valence-electron chi connectivity index (χ0n) is 15.1. The van der Waals surface area contributed by atoms with Crippen LogP contribution in [0.25, 0.3) is 0 Å². The number of amides is 1. The Balaban J connectivity index is 1.78. The number of hydrogen-bond acceptors (Lipinski definition) is 6. The van der Waals surface area contributed by atoms with Crippen LogP contribution in [0.5, 0.6) is 0 Å². The van der Waals surface area contributed by atoms with E-state index in [0.717, 1.165) is 22.5 Å². The summed E-state index contributed by atoms with van der Waals surface area (Å²) in [6, 6.07) is 15.6. The maximum absolute atomic E-state index is 11.7. The van der Waals surface area contributed by atoms with Gasteiger partial charge in [0, 0.05) is 24.1 Å². The van der Waals surface area contributed by atoms with Gasteiger partial charge in [0.05, 0.1) is 6.54 Å². The van der Waals surface area contributed by atoms with Crippen molar-refractivity contribution in [2.24, 2.45) is 11.5 Å². The first-order valence-corrected chi connectivity index (χ1v) is 8.57. The van der Waals surface area contributed by atoms with Gasteiger partial charge < -0.3 is 22.1 Å². The smallest absolute Gasteiger partial charge is 0.254 e. The molecule has 1 aromatic heterocycles. The van der Waals surface area contributed by atoms with Gasteiger partial charge >= 0.3 is 0 Å². The highest BCUT2D eigenvalue weighted by molar-refractivity contribution is 5.97. The molecule has 27 heavy (non-hydrogen) atoms. The monoisotopic (exact) mass is 362 g/mol. The molecule has 1 heterocycles. The number of aryl methyl sites for hydroxylation is 1. The fourth-order valence-electron chi connectivity index (χ4n) is 2.58. The second-order valence-corrected chi connectivity index (χ2v) is 6.16. The Bertz CT molecular complexity index is 939. The van der Waals surface area contributed by atoms with Gasteiger partial charge in [0.2, 0.25) is 0 Å². The molecule has 0 radical (unpaired) electrons. The van der Waals surface area contributed by atoms with Crippen LogP contribution in [0.2, 0.25) is 0 Å². The quantitative estimate of drug-likeness (QED) is 0.513. The van der Waals surface area contributed by atoms with Crippen molar-refractivity contribution in [1.29, 1.82) is 0 Å². The zero-order valence-corrected chi connectivity index (χ0v) is 15.1. The molecule has 3 rings (SSSR count). The van der Waals surface area contributed by atoms with Crippen LogP contribution < -0.4 is 22.1 Å². The van der Waals surface area contributed by atoms with Crippen molar-refractivity contribution >= 4 is 23.1 Å². The Labute approximate surface area is 157 Å². The van der Waals surface area contributed by atoms with Crippen molar-refractivity contribution in [1.82, 2.24) is 9.97 Å². The Morgan fingerprint density at radius 1 is 1.11 bits per heavy atom. The van der Waals surface area contributed by atoms with Gasteiger partial charge in [0.1, 0.15) is 17.2 Å². The summed E-state index contributed by atoms with van der Waals surface area (Å²) in [6.45, 7) is 2.90. The molecule has 2 aromatic carbocycles. The second-order valence-electron chi connectivity index (χ2n) is 6.16.